The Morgan fingerprint density at radius 1 is 1.75 bits per heavy atom. The maximum atomic E-state index is 10.7. The van der Waals surface area contributed by atoms with E-state index in [4.69, 9.17) is 15.6 Å². The van der Waals surface area contributed by atoms with E-state index in [1.165, 1.54) is 6.26 Å². The van der Waals surface area contributed by atoms with E-state index in [0.29, 0.717) is 0 Å². The van der Waals surface area contributed by atoms with E-state index in [0.717, 1.165) is 0 Å². The molecule has 0 heterocycles. The second-order valence-electron chi connectivity index (χ2n) is 2.44. The zero-order valence-electron chi connectivity index (χ0n) is 6.65. The zero-order valence-corrected chi connectivity index (χ0v) is 8.28. The van der Waals surface area contributed by atoms with Crippen molar-refractivity contribution in [3.63, 3.8) is 0 Å². The Kier molecular flexibility index (Phi) is 6.32. The molecule has 0 spiro atoms. The van der Waals surface area contributed by atoms with Crippen molar-refractivity contribution in [2.24, 2.45) is 5.73 Å². The molecule has 74 valence electrons. The molecule has 2 unspecified atom stereocenters. The number of carboxylic acids is 1. The maximum Gasteiger partial charge on any atom is 0.320 e. The molecule has 0 rings (SSSR count). The van der Waals surface area contributed by atoms with Crippen LogP contribution in [0.3, 0.4) is 0 Å². The van der Waals surface area contributed by atoms with Gasteiger partial charge in [0.1, 0.15) is 6.04 Å². The smallest absolute Gasteiger partial charge is 0.320 e. The van der Waals surface area contributed by atoms with Crippen molar-refractivity contribution in [2.75, 3.05) is 12.0 Å². The average molecular weight is 217 g/mol. The molecule has 0 saturated heterocycles. The standard InChI is InChI=1S/C5H12N2O3S.ClH/c1-11(7,10)3-2-4(6)5(8)9;/h4,7H,2-3,6H2,1H3,(H,8,9);1H. The fraction of sp³-hybridized carbons (Fsp3) is 0.800. The summed E-state index contributed by atoms with van der Waals surface area (Å²) < 4.78 is 17.7. The van der Waals surface area contributed by atoms with Crippen LogP contribution in [0.2, 0.25) is 0 Å². The van der Waals surface area contributed by atoms with Crippen molar-refractivity contribution in [1.29, 1.82) is 4.78 Å². The van der Waals surface area contributed by atoms with Gasteiger partial charge in [0.25, 0.3) is 0 Å². The highest BCUT2D eigenvalue weighted by Crippen LogP contribution is 1.94. The number of aliphatic carboxylic acids is 1. The number of carbonyl (C=O) groups is 1. The van der Waals surface area contributed by atoms with Gasteiger partial charge in [0.2, 0.25) is 0 Å². The molecule has 0 bridgehead atoms. The Labute approximate surface area is 77.7 Å². The van der Waals surface area contributed by atoms with Gasteiger partial charge in [-0.2, -0.15) is 0 Å². The van der Waals surface area contributed by atoms with E-state index < -0.39 is 21.7 Å². The third kappa shape index (κ3) is 7.77. The number of halogens is 1. The van der Waals surface area contributed by atoms with Gasteiger partial charge in [-0.3, -0.25) is 13.8 Å². The van der Waals surface area contributed by atoms with Gasteiger partial charge in [-0.05, 0) is 6.42 Å². The van der Waals surface area contributed by atoms with Crippen molar-refractivity contribution in [3.05, 3.63) is 0 Å². The first-order valence-electron chi connectivity index (χ1n) is 3.03. The molecule has 2 atom stereocenters. The molecule has 7 heteroatoms. The molecular weight excluding hydrogens is 204 g/mol. The molecule has 0 aromatic heterocycles. The van der Waals surface area contributed by atoms with Crippen molar-refractivity contribution in [3.8, 4) is 0 Å². The lowest BCUT2D eigenvalue weighted by Gasteiger charge is -2.04. The second kappa shape index (κ2) is 5.34. The molecule has 0 radical (unpaired) electrons. The first-order chi connectivity index (χ1) is 4.83. The third-order valence-electron chi connectivity index (χ3n) is 1.14. The van der Waals surface area contributed by atoms with E-state index in [9.17, 15) is 9.00 Å². The van der Waals surface area contributed by atoms with Crippen molar-refractivity contribution >= 4 is 28.1 Å². The van der Waals surface area contributed by atoms with Crippen LogP contribution in [-0.2, 0) is 14.5 Å². The number of nitrogens with one attached hydrogen (secondary N) is 1. The van der Waals surface area contributed by atoms with Gasteiger partial charge in [0, 0.05) is 21.7 Å². The van der Waals surface area contributed by atoms with Crippen LogP contribution in [0, 0.1) is 4.78 Å². The number of hydrogen-bond donors (Lipinski definition) is 3. The highest BCUT2D eigenvalue weighted by atomic mass is 35.5. The summed E-state index contributed by atoms with van der Waals surface area (Å²) in [6.07, 6.45) is 1.36. The van der Waals surface area contributed by atoms with Crippen LogP contribution in [0.4, 0.5) is 0 Å². The van der Waals surface area contributed by atoms with E-state index in [1.54, 1.807) is 0 Å². The van der Waals surface area contributed by atoms with Gasteiger partial charge in [-0.1, -0.05) is 0 Å². The second-order valence-corrected chi connectivity index (χ2v) is 4.86. The Balaban J connectivity index is 0. The monoisotopic (exact) mass is 216 g/mol. The van der Waals surface area contributed by atoms with Crippen LogP contribution < -0.4 is 5.73 Å². The Morgan fingerprint density at radius 2 is 2.17 bits per heavy atom. The summed E-state index contributed by atoms with van der Waals surface area (Å²) in [7, 11) is -2.60. The van der Waals surface area contributed by atoms with Crippen LogP contribution in [-0.4, -0.2) is 33.3 Å². The summed E-state index contributed by atoms with van der Waals surface area (Å²) in [5.74, 6) is -1.07. The van der Waals surface area contributed by atoms with Gasteiger partial charge < -0.3 is 10.8 Å². The SMILES string of the molecule is CS(=N)(=O)CCC(N)C(=O)O.Cl. The zero-order chi connectivity index (χ0) is 9.07. The number of rotatable bonds is 4. The summed E-state index contributed by atoms with van der Waals surface area (Å²) in [5, 5.41) is 8.30. The molecule has 0 aromatic rings. The molecule has 0 aliphatic rings. The molecule has 0 saturated carbocycles. The van der Waals surface area contributed by atoms with E-state index in [2.05, 4.69) is 0 Å². The minimum atomic E-state index is -2.60. The normalized spacial score (nSPS) is 17.2. The molecule has 0 aliphatic carbocycles. The third-order valence-corrected chi connectivity index (χ3v) is 2.15. The first-order valence-corrected chi connectivity index (χ1v) is 5.16. The molecule has 0 fully saturated rings. The van der Waals surface area contributed by atoms with E-state index in [1.807, 2.05) is 0 Å². The Bertz CT molecular complexity index is 239. The Morgan fingerprint density at radius 3 is 2.42 bits per heavy atom. The molecular formula is C5H13ClN2O3S. The lowest BCUT2D eigenvalue weighted by atomic mass is 10.2. The van der Waals surface area contributed by atoms with Gasteiger partial charge in [0.05, 0.1) is 0 Å². The Hall–Kier alpha value is -0.330. The van der Waals surface area contributed by atoms with Crippen LogP contribution >= 0.6 is 12.4 Å². The van der Waals surface area contributed by atoms with E-state index >= 15 is 0 Å². The largest absolute Gasteiger partial charge is 0.480 e. The highest BCUT2D eigenvalue weighted by Gasteiger charge is 2.12. The fourth-order valence-corrected chi connectivity index (χ4v) is 1.18. The first kappa shape index (κ1) is 14.2. The molecule has 5 nitrogen and oxygen atoms in total. The summed E-state index contributed by atoms with van der Waals surface area (Å²) >= 11 is 0. The van der Waals surface area contributed by atoms with Crippen LogP contribution in [0.15, 0.2) is 0 Å². The predicted molar refractivity (Wildman–Crippen MR) is 49.1 cm³/mol. The minimum absolute atomic E-state index is 0. The van der Waals surface area contributed by atoms with E-state index in [-0.39, 0.29) is 24.6 Å². The number of hydrogen-bond acceptors (Lipinski definition) is 4. The van der Waals surface area contributed by atoms with Gasteiger partial charge >= 0.3 is 5.97 Å². The molecule has 4 N–H and O–H groups in total. The fourth-order valence-electron chi connectivity index (χ4n) is 0.475. The number of carboxylic acid groups (broad SMARTS) is 1. The summed E-state index contributed by atoms with van der Waals surface area (Å²) in [4.78, 5) is 10.1. The van der Waals surface area contributed by atoms with Crippen molar-refractivity contribution in [1.82, 2.24) is 0 Å². The summed E-state index contributed by atoms with van der Waals surface area (Å²) in [5.41, 5.74) is 5.12. The van der Waals surface area contributed by atoms with Gasteiger partial charge in [0.15, 0.2) is 0 Å². The summed E-state index contributed by atoms with van der Waals surface area (Å²) in [6.45, 7) is 0. The quantitative estimate of drug-likeness (QED) is 0.610. The molecule has 12 heavy (non-hydrogen) atoms. The van der Waals surface area contributed by atoms with Crippen LogP contribution in [0.5, 0.6) is 0 Å². The molecule has 0 amide bonds. The van der Waals surface area contributed by atoms with Gasteiger partial charge in [-0.25, -0.2) is 0 Å². The average Bonchev–Trinajstić information content (AvgIpc) is 1.80. The predicted octanol–water partition coefficient (Wildman–Crippen LogP) is -0.113. The summed E-state index contributed by atoms with van der Waals surface area (Å²) in [6, 6.07) is -0.999. The number of nitrogens with two attached hydrogens (primary N) is 1. The lowest BCUT2D eigenvalue weighted by molar-refractivity contribution is -0.138. The topological polar surface area (TPSA) is 104 Å². The molecule has 0 aromatic carbocycles. The van der Waals surface area contributed by atoms with Crippen LogP contribution in [0.25, 0.3) is 0 Å². The lowest BCUT2D eigenvalue weighted by Crippen LogP contribution is -2.31. The highest BCUT2D eigenvalue weighted by molar-refractivity contribution is 7.91. The van der Waals surface area contributed by atoms with Gasteiger partial charge in [-0.15, -0.1) is 12.4 Å². The maximum absolute atomic E-state index is 10.7. The van der Waals surface area contributed by atoms with Crippen molar-refractivity contribution < 1.29 is 14.1 Å². The minimum Gasteiger partial charge on any atom is -0.480 e. The van der Waals surface area contributed by atoms with Crippen LogP contribution in [0.1, 0.15) is 6.42 Å². The molecule has 0 aliphatic heterocycles. The van der Waals surface area contributed by atoms with Crippen molar-refractivity contribution in [2.45, 2.75) is 12.5 Å².